The molecular weight excluding hydrogens is 308 g/mol. The summed E-state index contributed by atoms with van der Waals surface area (Å²) in [6, 6.07) is 0.252. The Labute approximate surface area is 138 Å². The molecule has 4 heterocycles. The van der Waals surface area contributed by atoms with E-state index in [2.05, 4.69) is 25.3 Å². The van der Waals surface area contributed by atoms with Crippen LogP contribution in [0.2, 0.25) is 0 Å². The van der Waals surface area contributed by atoms with Crippen LogP contribution in [0.1, 0.15) is 16.4 Å². The minimum atomic E-state index is -0.0348. The highest BCUT2D eigenvalue weighted by molar-refractivity contribution is 6.00. The summed E-state index contributed by atoms with van der Waals surface area (Å²) in [7, 11) is 4.03. The lowest BCUT2D eigenvalue weighted by molar-refractivity contribution is 0.0783. The maximum atomic E-state index is 13.0. The summed E-state index contributed by atoms with van der Waals surface area (Å²) in [6.07, 6.45) is 10.1. The maximum absolute atomic E-state index is 13.0. The van der Waals surface area contributed by atoms with Crippen molar-refractivity contribution in [2.24, 2.45) is 0 Å². The molecule has 1 fully saturated rings. The van der Waals surface area contributed by atoms with Crippen LogP contribution >= 0.6 is 0 Å². The monoisotopic (exact) mass is 326 g/mol. The predicted octanol–water partition coefficient (Wildman–Crippen LogP) is -0.0519. The molecule has 9 nitrogen and oxygen atoms in total. The van der Waals surface area contributed by atoms with Crippen LogP contribution in [-0.2, 0) is 0 Å². The van der Waals surface area contributed by atoms with Crippen LogP contribution in [0.15, 0.2) is 37.2 Å². The lowest BCUT2D eigenvalue weighted by Crippen LogP contribution is -2.37. The zero-order valence-electron chi connectivity index (χ0n) is 13.5. The minimum Gasteiger partial charge on any atom is -0.335 e. The Bertz CT molecular complexity index is 855. The van der Waals surface area contributed by atoms with Gasteiger partial charge in [-0.15, -0.1) is 5.10 Å². The number of likely N-dealkylation sites (tertiary alicyclic amines) is 1. The molecule has 0 unspecified atom stereocenters. The highest BCUT2D eigenvalue weighted by Gasteiger charge is 2.39. The first-order valence-electron chi connectivity index (χ1n) is 7.74. The summed E-state index contributed by atoms with van der Waals surface area (Å²) in [4.78, 5) is 21.0. The number of likely N-dealkylation sites (N-methyl/N-ethyl adjacent to an activating group) is 1. The van der Waals surface area contributed by atoms with Crippen molar-refractivity contribution in [3.8, 4) is 0 Å². The first-order valence-corrected chi connectivity index (χ1v) is 7.74. The lowest BCUT2D eigenvalue weighted by Gasteiger charge is -2.24. The van der Waals surface area contributed by atoms with Crippen LogP contribution < -0.4 is 0 Å². The van der Waals surface area contributed by atoms with E-state index in [4.69, 9.17) is 0 Å². The van der Waals surface area contributed by atoms with Gasteiger partial charge in [0.2, 0.25) is 0 Å². The van der Waals surface area contributed by atoms with Gasteiger partial charge in [-0.2, -0.15) is 5.10 Å². The fourth-order valence-corrected chi connectivity index (χ4v) is 3.27. The van der Waals surface area contributed by atoms with Gasteiger partial charge in [0.05, 0.1) is 41.8 Å². The van der Waals surface area contributed by atoms with Crippen LogP contribution in [0, 0.1) is 0 Å². The third kappa shape index (κ3) is 2.33. The van der Waals surface area contributed by atoms with E-state index in [1.165, 1.54) is 0 Å². The van der Waals surface area contributed by atoms with E-state index in [0.29, 0.717) is 24.2 Å². The van der Waals surface area contributed by atoms with Gasteiger partial charge in [0.1, 0.15) is 0 Å². The van der Waals surface area contributed by atoms with Gasteiger partial charge < -0.3 is 9.80 Å². The highest BCUT2D eigenvalue weighted by Crippen LogP contribution is 2.26. The largest absolute Gasteiger partial charge is 0.335 e. The smallest absolute Gasteiger partial charge is 0.257 e. The first kappa shape index (κ1) is 14.8. The summed E-state index contributed by atoms with van der Waals surface area (Å²) in [5.74, 6) is -0.0348. The number of nitrogens with zero attached hydrogens (tertiary/aromatic N) is 8. The second-order valence-electron chi connectivity index (χ2n) is 6.16. The van der Waals surface area contributed by atoms with E-state index in [1.807, 2.05) is 29.9 Å². The second kappa shape index (κ2) is 5.68. The number of rotatable bonds is 3. The SMILES string of the molecule is CN(C)[C@@H]1CN(C(=O)c2cnn3ccncc23)C[C@@H]1n1ccnn1. The molecule has 1 aliphatic rings. The predicted molar refractivity (Wildman–Crippen MR) is 85.4 cm³/mol. The van der Waals surface area contributed by atoms with E-state index in [-0.39, 0.29) is 18.0 Å². The molecule has 0 bridgehead atoms. The Morgan fingerprint density at radius 1 is 1.21 bits per heavy atom. The molecule has 9 heteroatoms. The Morgan fingerprint density at radius 3 is 2.83 bits per heavy atom. The highest BCUT2D eigenvalue weighted by atomic mass is 16.2. The van der Waals surface area contributed by atoms with Crippen molar-refractivity contribution in [2.75, 3.05) is 27.2 Å². The minimum absolute atomic E-state index is 0.0348. The molecular formula is C15H18N8O. The van der Waals surface area contributed by atoms with Gasteiger partial charge in [0.25, 0.3) is 5.91 Å². The van der Waals surface area contributed by atoms with Gasteiger partial charge in [0, 0.05) is 31.7 Å². The van der Waals surface area contributed by atoms with Crippen LogP contribution in [0.5, 0.6) is 0 Å². The standard InChI is InChI=1S/C15H18N8O/c1-20(2)13-9-21(10-14(13)23-6-4-17-19-23)15(24)11-7-18-22-5-3-16-8-12(11)22/h3-8,13-14H,9-10H2,1-2H3/t13-,14+/m1/s1. The van der Waals surface area contributed by atoms with Crippen LogP contribution in [-0.4, -0.2) is 78.5 Å². The number of carbonyl (C=O) groups is 1. The third-order valence-electron chi connectivity index (χ3n) is 4.55. The Morgan fingerprint density at radius 2 is 2.08 bits per heavy atom. The molecule has 24 heavy (non-hydrogen) atoms. The van der Waals surface area contributed by atoms with Gasteiger partial charge in [-0.25, -0.2) is 9.20 Å². The number of hydrogen-bond acceptors (Lipinski definition) is 6. The van der Waals surface area contributed by atoms with Gasteiger partial charge >= 0.3 is 0 Å². The van der Waals surface area contributed by atoms with Crippen molar-refractivity contribution < 1.29 is 4.79 Å². The molecule has 0 radical (unpaired) electrons. The van der Waals surface area contributed by atoms with E-state index in [1.54, 1.807) is 35.5 Å². The van der Waals surface area contributed by atoms with E-state index < -0.39 is 0 Å². The molecule has 1 aliphatic heterocycles. The fourth-order valence-electron chi connectivity index (χ4n) is 3.27. The molecule has 3 aromatic heterocycles. The number of carbonyl (C=O) groups excluding carboxylic acids is 1. The number of hydrogen-bond donors (Lipinski definition) is 0. The summed E-state index contributed by atoms with van der Waals surface area (Å²) in [5.41, 5.74) is 1.29. The van der Waals surface area contributed by atoms with Gasteiger partial charge in [-0.3, -0.25) is 9.78 Å². The molecule has 1 amide bonds. The average Bonchev–Trinajstić information content (AvgIpc) is 3.31. The molecule has 0 aliphatic carbocycles. The van der Waals surface area contributed by atoms with Gasteiger partial charge in [-0.1, -0.05) is 5.21 Å². The summed E-state index contributed by atoms with van der Waals surface area (Å²) >= 11 is 0. The molecule has 1 saturated heterocycles. The van der Waals surface area contributed by atoms with Crippen LogP contribution in [0.3, 0.4) is 0 Å². The Hall–Kier alpha value is -2.81. The second-order valence-corrected chi connectivity index (χ2v) is 6.16. The Kier molecular flexibility index (Phi) is 3.49. The fraction of sp³-hybridized carbons (Fsp3) is 0.400. The van der Waals surface area contributed by atoms with E-state index in [0.717, 1.165) is 0 Å². The molecule has 2 atom stereocenters. The number of fused-ring (bicyclic) bond motifs is 1. The van der Waals surface area contributed by atoms with E-state index in [9.17, 15) is 4.79 Å². The number of amides is 1. The maximum Gasteiger partial charge on any atom is 0.257 e. The van der Waals surface area contributed by atoms with Crippen molar-refractivity contribution in [1.29, 1.82) is 0 Å². The zero-order chi connectivity index (χ0) is 16.7. The lowest BCUT2D eigenvalue weighted by atomic mass is 10.1. The van der Waals surface area contributed by atoms with E-state index >= 15 is 0 Å². The molecule has 0 spiro atoms. The topological polar surface area (TPSA) is 84.5 Å². The van der Waals surface area contributed by atoms with Crippen molar-refractivity contribution in [1.82, 2.24) is 39.4 Å². The average molecular weight is 326 g/mol. The quantitative estimate of drug-likeness (QED) is 0.671. The normalized spacial score (nSPS) is 21.0. The van der Waals surface area contributed by atoms with Crippen molar-refractivity contribution in [2.45, 2.75) is 12.1 Å². The molecule has 4 rings (SSSR count). The zero-order valence-corrected chi connectivity index (χ0v) is 13.5. The number of aromatic nitrogens is 6. The van der Waals surface area contributed by atoms with Crippen LogP contribution in [0.25, 0.3) is 5.52 Å². The third-order valence-corrected chi connectivity index (χ3v) is 4.55. The van der Waals surface area contributed by atoms with Crippen molar-refractivity contribution in [3.63, 3.8) is 0 Å². The molecule has 124 valence electrons. The molecule has 0 aromatic carbocycles. The first-order chi connectivity index (χ1) is 11.6. The van der Waals surface area contributed by atoms with Gasteiger partial charge in [0.15, 0.2) is 0 Å². The summed E-state index contributed by atoms with van der Waals surface area (Å²) in [5, 5.41) is 12.2. The Balaban J connectivity index is 1.64. The van der Waals surface area contributed by atoms with Gasteiger partial charge in [-0.05, 0) is 14.1 Å². The molecule has 0 N–H and O–H groups in total. The summed E-state index contributed by atoms with van der Waals surface area (Å²) in [6.45, 7) is 1.22. The van der Waals surface area contributed by atoms with Crippen molar-refractivity contribution >= 4 is 11.4 Å². The summed E-state index contributed by atoms with van der Waals surface area (Å²) < 4.78 is 3.49. The van der Waals surface area contributed by atoms with Crippen LogP contribution in [0.4, 0.5) is 0 Å². The molecule has 3 aromatic rings. The van der Waals surface area contributed by atoms with Crippen molar-refractivity contribution in [3.05, 3.63) is 42.7 Å². The molecule has 0 saturated carbocycles.